The number of hydrogen-bond donors (Lipinski definition) is 2. The van der Waals surface area contributed by atoms with E-state index in [0.29, 0.717) is 23.3 Å². The number of halogens is 1. The molecule has 0 spiro atoms. The van der Waals surface area contributed by atoms with Crippen LogP contribution < -0.4 is 11.3 Å². The van der Waals surface area contributed by atoms with Crippen molar-refractivity contribution in [2.75, 3.05) is 5.43 Å². The SMILES string of the molecule is CC(C)Cc1cc(NN)nc(-c2occc2Br)n1. The first-order valence-electron chi connectivity index (χ1n) is 5.68. The molecule has 0 saturated carbocycles. The van der Waals surface area contributed by atoms with Crippen molar-refractivity contribution in [1.29, 1.82) is 0 Å². The minimum atomic E-state index is 0.512. The molecule has 0 radical (unpaired) electrons. The molecule has 0 atom stereocenters. The molecule has 3 N–H and O–H groups in total. The Balaban J connectivity index is 2.44. The highest BCUT2D eigenvalue weighted by Gasteiger charge is 2.13. The summed E-state index contributed by atoms with van der Waals surface area (Å²) in [5.41, 5.74) is 3.49. The molecule has 0 aliphatic heterocycles. The van der Waals surface area contributed by atoms with Crippen molar-refractivity contribution in [3.8, 4) is 11.6 Å². The number of nitrogen functional groups attached to an aromatic ring is 1. The molecular weight excluding hydrogens is 296 g/mol. The van der Waals surface area contributed by atoms with Gasteiger partial charge in [0.2, 0.25) is 0 Å². The maximum Gasteiger partial charge on any atom is 0.199 e. The number of aromatic nitrogens is 2. The minimum absolute atomic E-state index is 0.512. The van der Waals surface area contributed by atoms with Crippen LogP contribution in [0.3, 0.4) is 0 Å². The predicted octanol–water partition coefficient (Wildman–Crippen LogP) is 2.98. The lowest BCUT2D eigenvalue weighted by atomic mass is 10.1. The molecule has 2 aromatic heterocycles. The van der Waals surface area contributed by atoms with Crippen molar-refractivity contribution < 1.29 is 4.42 Å². The number of hydrogen-bond acceptors (Lipinski definition) is 5. The van der Waals surface area contributed by atoms with Gasteiger partial charge in [-0.3, -0.25) is 0 Å². The van der Waals surface area contributed by atoms with Crippen LogP contribution in [0.15, 0.2) is 27.3 Å². The Labute approximate surface area is 114 Å². The topological polar surface area (TPSA) is 77.0 Å². The third-order valence-electron chi connectivity index (χ3n) is 2.36. The summed E-state index contributed by atoms with van der Waals surface area (Å²) >= 11 is 3.40. The first kappa shape index (κ1) is 13.0. The molecule has 2 rings (SSSR count). The molecule has 0 amide bonds. The summed E-state index contributed by atoms with van der Waals surface area (Å²) in [5, 5.41) is 0. The first-order valence-corrected chi connectivity index (χ1v) is 6.47. The van der Waals surface area contributed by atoms with Crippen molar-refractivity contribution >= 4 is 21.7 Å². The zero-order valence-electron chi connectivity index (χ0n) is 10.3. The van der Waals surface area contributed by atoms with E-state index in [9.17, 15) is 0 Å². The molecule has 96 valence electrons. The zero-order chi connectivity index (χ0) is 13.1. The summed E-state index contributed by atoms with van der Waals surface area (Å²) < 4.78 is 6.20. The number of nitrogens with zero attached hydrogens (tertiary/aromatic N) is 2. The van der Waals surface area contributed by atoms with Gasteiger partial charge in [-0.25, -0.2) is 15.8 Å². The molecule has 0 aliphatic rings. The van der Waals surface area contributed by atoms with E-state index < -0.39 is 0 Å². The largest absolute Gasteiger partial charge is 0.460 e. The van der Waals surface area contributed by atoms with Gasteiger partial charge < -0.3 is 9.84 Å². The summed E-state index contributed by atoms with van der Waals surface area (Å²) in [6.45, 7) is 4.28. The van der Waals surface area contributed by atoms with Gasteiger partial charge in [-0.15, -0.1) is 0 Å². The monoisotopic (exact) mass is 310 g/mol. The second-order valence-electron chi connectivity index (χ2n) is 4.41. The van der Waals surface area contributed by atoms with Crippen LogP contribution >= 0.6 is 15.9 Å². The van der Waals surface area contributed by atoms with Gasteiger partial charge in [0.1, 0.15) is 5.82 Å². The van der Waals surface area contributed by atoms with Gasteiger partial charge in [0.15, 0.2) is 11.6 Å². The molecule has 0 bridgehead atoms. The van der Waals surface area contributed by atoms with Gasteiger partial charge in [-0.1, -0.05) is 13.8 Å². The highest BCUT2D eigenvalue weighted by atomic mass is 79.9. The van der Waals surface area contributed by atoms with E-state index in [1.165, 1.54) is 0 Å². The highest BCUT2D eigenvalue weighted by molar-refractivity contribution is 9.10. The fourth-order valence-corrected chi connectivity index (χ4v) is 2.03. The van der Waals surface area contributed by atoms with Crippen molar-refractivity contribution in [3.05, 3.63) is 28.6 Å². The summed E-state index contributed by atoms with van der Waals surface area (Å²) in [5.74, 6) is 7.66. The van der Waals surface area contributed by atoms with E-state index in [0.717, 1.165) is 16.6 Å². The standard InChI is InChI=1S/C12H15BrN4O/c1-7(2)5-8-6-10(17-14)16-12(15-8)11-9(13)3-4-18-11/h3-4,6-7H,5,14H2,1-2H3,(H,15,16,17). The molecule has 2 aromatic rings. The van der Waals surface area contributed by atoms with Gasteiger partial charge in [0, 0.05) is 11.8 Å². The summed E-state index contributed by atoms with van der Waals surface area (Å²) in [4.78, 5) is 8.79. The Morgan fingerprint density at radius 3 is 2.78 bits per heavy atom. The molecule has 0 aliphatic carbocycles. The lowest BCUT2D eigenvalue weighted by Gasteiger charge is -2.08. The molecule has 0 saturated heterocycles. The maximum atomic E-state index is 5.43. The summed E-state index contributed by atoms with van der Waals surface area (Å²) in [6, 6.07) is 3.66. The van der Waals surface area contributed by atoms with Crippen molar-refractivity contribution in [3.63, 3.8) is 0 Å². The van der Waals surface area contributed by atoms with Crippen LogP contribution in [-0.4, -0.2) is 9.97 Å². The van der Waals surface area contributed by atoms with Crippen LogP contribution in [0.5, 0.6) is 0 Å². The van der Waals surface area contributed by atoms with Gasteiger partial charge in [0.25, 0.3) is 0 Å². The van der Waals surface area contributed by atoms with E-state index in [4.69, 9.17) is 10.3 Å². The molecule has 0 fully saturated rings. The number of anilines is 1. The quantitative estimate of drug-likeness (QED) is 0.670. The number of furan rings is 1. The third-order valence-corrected chi connectivity index (χ3v) is 2.99. The number of nitrogens with two attached hydrogens (primary N) is 1. The first-order chi connectivity index (χ1) is 8.60. The van der Waals surface area contributed by atoms with Gasteiger partial charge in [-0.05, 0) is 34.3 Å². The third kappa shape index (κ3) is 2.88. The fourth-order valence-electron chi connectivity index (χ4n) is 1.65. The summed E-state index contributed by atoms with van der Waals surface area (Å²) in [6.07, 6.45) is 2.45. The minimum Gasteiger partial charge on any atom is -0.460 e. The lowest BCUT2D eigenvalue weighted by molar-refractivity contribution is 0.574. The number of nitrogens with one attached hydrogen (secondary N) is 1. The average molecular weight is 311 g/mol. The molecular formula is C12H15BrN4O. The van der Waals surface area contributed by atoms with Crippen LogP contribution in [0, 0.1) is 5.92 Å². The molecule has 5 nitrogen and oxygen atoms in total. The Morgan fingerprint density at radius 2 is 2.22 bits per heavy atom. The van der Waals surface area contributed by atoms with Crippen LogP contribution in [0.1, 0.15) is 19.5 Å². The van der Waals surface area contributed by atoms with Gasteiger partial charge in [-0.2, -0.15) is 0 Å². The second-order valence-corrected chi connectivity index (χ2v) is 5.26. The van der Waals surface area contributed by atoms with E-state index in [2.05, 4.69) is 45.2 Å². The van der Waals surface area contributed by atoms with Crippen LogP contribution in [0.25, 0.3) is 11.6 Å². The average Bonchev–Trinajstić information content (AvgIpc) is 2.74. The van der Waals surface area contributed by atoms with E-state index >= 15 is 0 Å². The normalized spacial score (nSPS) is 10.9. The molecule has 0 unspecified atom stereocenters. The Kier molecular flexibility index (Phi) is 3.98. The van der Waals surface area contributed by atoms with Crippen molar-refractivity contribution in [1.82, 2.24) is 9.97 Å². The molecule has 0 aromatic carbocycles. The second kappa shape index (κ2) is 5.49. The zero-order valence-corrected chi connectivity index (χ0v) is 11.9. The van der Waals surface area contributed by atoms with E-state index in [1.807, 2.05) is 12.1 Å². The van der Waals surface area contributed by atoms with Gasteiger partial charge in [0.05, 0.1) is 10.7 Å². The summed E-state index contributed by atoms with van der Waals surface area (Å²) in [7, 11) is 0. The van der Waals surface area contributed by atoms with E-state index in [-0.39, 0.29) is 0 Å². The Hall–Kier alpha value is -1.40. The number of rotatable bonds is 4. The Morgan fingerprint density at radius 1 is 1.44 bits per heavy atom. The van der Waals surface area contributed by atoms with Crippen LogP contribution in [0.4, 0.5) is 5.82 Å². The molecule has 2 heterocycles. The van der Waals surface area contributed by atoms with E-state index in [1.54, 1.807) is 6.26 Å². The maximum absolute atomic E-state index is 5.43. The van der Waals surface area contributed by atoms with Crippen molar-refractivity contribution in [2.24, 2.45) is 11.8 Å². The van der Waals surface area contributed by atoms with Gasteiger partial charge >= 0.3 is 0 Å². The lowest BCUT2D eigenvalue weighted by Crippen LogP contribution is -2.11. The van der Waals surface area contributed by atoms with Crippen molar-refractivity contribution in [2.45, 2.75) is 20.3 Å². The predicted molar refractivity (Wildman–Crippen MR) is 73.8 cm³/mol. The smallest absolute Gasteiger partial charge is 0.199 e. The van der Waals surface area contributed by atoms with Crippen LogP contribution in [-0.2, 0) is 6.42 Å². The number of hydrazine groups is 1. The highest BCUT2D eigenvalue weighted by Crippen LogP contribution is 2.27. The molecule has 18 heavy (non-hydrogen) atoms. The fraction of sp³-hybridized carbons (Fsp3) is 0.333. The van der Waals surface area contributed by atoms with Crippen LogP contribution in [0.2, 0.25) is 0 Å². The molecule has 6 heteroatoms. The Bertz CT molecular complexity index is 539.